The average molecular weight is 738 g/mol. The first-order chi connectivity index (χ1) is 26.2. The fourth-order valence-corrected chi connectivity index (χ4v) is 8.89. The van der Waals surface area contributed by atoms with Crippen molar-refractivity contribution in [2.45, 2.75) is 43.4 Å². The lowest BCUT2D eigenvalue weighted by atomic mass is 9.80. The molecule has 0 spiro atoms. The molecule has 0 unspecified atom stereocenters. The van der Waals surface area contributed by atoms with Crippen LogP contribution in [0.1, 0.15) is 70.4 Å². The van der Waals surface area contributed by atoms with E-state index in [1.165, 1.54) is 19.5 Å². The number of ether oxygens (including phenoxy) is 2. The van der Waals surface area contributed by atoms with Crippen molar-refractivity contribution in [1.82, 2.24) is 8.96 Å². The number of fused-ring (bicyclic) bond motifs is 4. The number of hydrogen-bond donors (Lipinski definition) is 0. The largest absolute Gasteiger partial charge is 0.535 e. The predicted molar refractivity (Wildman–Crippen MR) is 220 cm³/mol. The van der Waals surface area contributed by atoms with E-state index < -0.39 is 6.97 Å². The molecule has 0 saturated carbocycles. The minimum atomic E-state index is -4.31. The Morgan fingerprint density at radius 2 is 1.20 bits per heavy atom. The normalized spacial score (nSPS) is 14.3. The first-order valence-corrected chi connectivity index (χ1v) is 19.2. The van der Waals surface area contributed by atoms with Crippen molar-refractivity contribution in [3.05, 3.63) is 160 Å². The van der Waals surface area contributed by atoms with Crippen molar-refractivity contribution in [1.29, 1.82) is 0 Å². The maximum Gasteiger partial charge on any atom is 0.535 e. The summed E-state index contributed by atoms with van der Waals surface area (Å²) in [4.78, 5) is 4.71. The lowest BCUT2D eigenvalue weighted by Gasteiger charge is -2.40. The number of halogens is 2. The van der Waals surface area contributed by atoms with Gasteiger partial charge >= 0.3 is 6.97 Å². The van der Waals surface area contributed by atoms with Crippen molar-refractivity contribution >= 4 is 54.4 Å². The van der Waals surface area contributed by atoms with Crippen LogP contribution in [0.2, 0.25) is 0 Å². The molecular weight excluding hydrogens is 695 g/mol. The number of nitrogens with zero attached hydrogens (tertiary/aromatic N) is 3. The maximum atomic E-state index is 17.5. The summed E-state index contributed by atoms with van der Waals surface area (Å²) in [7, 11) is 3.25. The minimum Gasteiger partial charge on any atom is -0.497 e. The Labute approximate surface area is 320 Å². The Hall–Kier alpha value is -5.54. The zero-order valence-electron chi connectivity index (χ0n) is 31.1. The van der Waals surface area contributed by atoms with Gasteiger partial charge in [-0.3, -0.25) is 0 Å². The Kier molecular flexibility index (Phi) is 9.44. The molecule has 0 N–H and O–H groups in total. The van der Waals surface area contributed by atoms with Crippen molar-refractivity contribution in [3.8, 4) is 11.5 Å². The van der Waals surface area contributed by atoms with Crippen LogP contribution in [0.3, 0.4) is 0 Å². The number of unbranched alkanes of at least 4 members (excludes halogenated alkanes) is 1. The lowest BCUT2D eigenvalue weighted by Crippen LogP contribution is -2.50. The van der Waals surface area contributed by atoms with E-state index in [0.29, 0.717) is 22.8 Å². The molecule has 8 rings (SSSR count). The van der Waals surface area contributed by atoms with E-state index in [9.17, 15) is 0 Å². The van der Waals surface area contributed by atoms with Gasteiger partial charge in [0.15, 0.2) is 0 Å². The summed E-state index contributed by atoms with van der Waals surface area (Å²) >= 11 is 1.74. The van der Waals surface area contributed by atoms with Gasteiger partial charge in [-0.25, -0.2) is 0 Å². The molecule has 4 aromatic carbocycles. The Morgan fingerprint density at radius 1 is 0.667 bits per heavy atom. The van der Waals surface area contributed by atoms with Gasteiger partial charge in [-0.15, -0.1) is 0 Å². The van der Waals surface area contributed by atoms with Crippen LogP contribution in [0.5, 0.6) is 11.5 Å². The summed E-state index contributed by atoms with van der Waals surface area (Å²) in [6.07, 6.45) is 9.51. The number of aryl methyl sites for hydroxylation is 2. The molecule has 5 nitrogen and oxygen atoms in total. The van der Waals surface area contributed by atoms with E-state index in [2.05, 4.69) is 54.3 Å². The van der Waals surface area contributed by atoms with E-state index in [4.69, 9.17) is 9.47 Å². The fraction of sp³-hybridized carbons (Fsp3) is 0.178. The van der Waals surface area contributed by atoms with Crippen molar-refractivity contribution in [2.75, 3.05) is 25.7 Å². The second kappa shape index (κ2) is 14.4. The smallest absolute Gasteiger partial charge is 0.497 e. The van der Waals surface area contributed by atoms with Gasteiger partial charge in [0.25, 0.3) is 0 Å². The van der Waals surface area contributed by atoms with Gasteiger partial charge in [0, 0.05) is 46.1 Å². The number of anilines is 2. The number of para-hydroxylation sites is 1. The molecule has 0 amide bonds. The molecule has 272 valence electrons. The van der Waals surface area contributed by atoms with Crippen LogP contribution >= 0.6 is 11.8 Å². The molecule has 0 bridgehead atoms. The molecule has 9 heteroatoms. The molecule has 2 aromatic heterocycles. The van der Waals surface area contributed by atoms with Crippen LogP contribution in [0.4, 0.5) is 20.0 Å². The number of hydrogen-bond acceptors (Lipinski definition) is 4. The van der Waals surface area contributed by atoms with E-state index >= 15 is 8.63 Å². The van der Waals surface area contributed by atoms with Gasteiger partial charge < -0.3 is 32.0 Å². The maximum absolute atomic E-state index is 17.5. The van der Waals surface area contributed by atoms with Gasteiger partial charge in [-0.1, -0.05) is 73.7 Å². The lowest BCUT2D eigenvalue weighted by molar-refractivity contribution is 0.414. The minimum absolute atomic E-state index is 0.440. The first kappa shape index (κ1) is 35.5. The third kappa shape index (κ3) is 6.20. The van der Waals surface area contributed by atoms with E-state index in [1.54, 1.807) is 38.1 Å². The van der Waals surface area contributed by atoms with E-state index in [0.717, 1.165) is 75.2 Å². The van der Waals surface area contributed by atoms with E-state index in [1.807, 2.05) is 86.7 Å². The predicted octanol–water partition coefficient (Wildman–Crippen LogP) is 11.8. The van der Waals surface area contributed by atoms with Crippen LogP contribution in [0, 0.1) is 19.8 Å². The Balaban J connectivity index is 1.29. The van der Waals surface area contributed by atoms with Gasteiger partial charge in [-0.2, -0.15) is 0 Å². The quantitative estimate of drug-likeness (QED) is 0.103. The van der Waals surface area contributed by atoms with Crippen LogP contribution < -0.4 is 14.4 Å². The Bertz CT molecular complexity index is 2280. The van der Waals surface area contributed by atoms with Gasteiger partial charge in [0.1, 0.15) is 17.4 Å². The second-order valence-corrected chi connectivity index (χ2v) is 15.0. The van der Waals surface area contributed by atoms with Crippen molar-refractivity contribution in [3.63, 3.8) is 0 Å². The summed E-state index contributed by atoms with van der Waals surface area (Å²) < 4.78 is 48.3. The monoisotopic (exact) mass is 737 g/mol. The molecule has 0 radical (unpaired) electrons. The standard InChI is InChI=1S/C45H42BF2N3O2S/c1-6-7-26-49-39-10-8-9-11-41(39)54-42-29-34(18-25-40(42)49)43-44-30(2)27-35(19-12-32-14-21-37(52-4)22-15-32)50(44)46(47,48)51-36(28-31(3)45(43)51)20-13-33-16-23-38(53-5)24-17-33/h8-25,27-29H,6-7,26H2,1-5H3/b19-12+,20-13+. The highest BCUT2D eigenvalue weighted by Gasteiger charge is 2.48. The van der Waals surface area contributed by atoms with Crippen LogP contribution in [-0.2, 0) is 0 Å². The fourth-order valence-electron chi connectivity index (χ4n) is 7.76. The first-order valence-electron chi connectivity index (χ1n) is 18.4. The molecule has 0 saturated heterocycles. The van der Waals surface area contributed by atoms with Gasteiger partial charge in [-0.05, 0) is 98.1 Å². The van der Waals surface area contributed by atoms with Crippen molar-refractivity contribution in [2.24, 2.45) is 0 Å². The zero-order chi connectivity index (χ0) is 37.6. The molecule has 54 heavy (non-hydrogen) atoms. The Morgan fingerprint density at radius 3 is 1.74 bits per heavy atom. The van der Waals surface area contributed by atoms with E-state index in [-0.39, 0.29) is 0 Å². The van der Waals surface area contributed by atoms with Crippen molar-refractivity contribution < 1.29 is 18.1 Å². The summed E-state index contributed by atoms with van der Waals surface area (Å²) in [5.41, 5.74) is 8.59. The zero-order valence-corrected chi connectivity index (χ0v) is 32.0. The molecule has 0 aliphatic carbocycles. The average Bonchev–Trinajstić information content (AvgIpc) is 3.72. The van der Waals surface area contributed by atoms with Gasteiger partial charge in [0.05, 0.1) is 47.4 Å². The molecule has 0 fully saturated rings. The highest BCUT2D eigenvalue weighted by molar-refractivity contribution is 7.99. The van der Waals surface area contributed by atoms with Crippen LogP contribution in [0.25, 0.3) is 24.3 Å². The second-order valence-electron chi connectivity index (χ2n) is 13.9. The molecule has 0 atom stereocenters. The van der Waals surface area contributed by atoms with Gasteiger partial charge in [0.2, 0.25) is 0 Å². The molecule has 2 aliphatic rings. The summed E-state index contributed by atoms with van der Waals surface area (Å²) in [5.74, 6) is 2.28. The van der Waals surface area contributed by atoms with Crippen LogP contribution in [0.15, 0.2) is 113 Å². The summed E-state index contributed by atoms with van der Waals surface area (Å²) in [5, 5.41) is 0. The number of methoxy groups -OCH3 is 2. The highest BCUT2D eigenvalue weighted by Crippen LogP contribution is 2.51. The molecular formula is C45H42BF2N3O2S. The number of rotatable bonds is 10. The SMILES string of the molecule is CCCCN1c2ccccc2Sc2cc([C+]3c4c(C)cc(/C=C/c5ccc(OC)cc5)n4[B-](F)(F)n4c(/C=C/c5ccc(OC)cc5)cc(C)c43)ccc21. The number of benzene rings is 4. The molecule has 2 aliphatic heterocycles. The molecule has 4 heterocycles. The summed E-state index contributed by atoms with van der Waals surface area (Å²) in [6.45, 7) is 2.68. The van der Waals surface area contributed by atoms with Crippen LogP contribution in [-0.4, -0.2) is 36.7 Å². The third-order valence-corrected chi connectivity index (χ3v) is 11.5. The number of aromatic nitrogens is 2. The highest BCUT2D eigenvalue weighted by atomic mass is 32.2. The molecule has 6 aromatic rings. The third-order valence-electron chi connectivity index (χ3n) is 10.4. The topological polar surface area (TPSA) is 31.6 Å². The summed E-state index contributed by atoms with van der Waals surface area (Å²) in [6, 6.07) is 33.9.